The zero-order chi connectivity index (χ0) is 18.8. The lowest BCUT2D eigenvalue weighted by molar-refractivity contribution is 0.298. The van der Waals surface area contributed by atoms with Crippen LogP contribution in [0, 0.1) is 11.6 Å². The fourth-order valence-corrected chi connectivity index (χ4v) is 3.87. The van der Waals surface area contributed by atoms with Crippen molar-refractivity contribution in [2.75, 3.05) is 19.6 Å². The van der Waals surface area contributed by atoms with E-state index in [1.807, 2.05) is 6.92 Å². The van der Waals surface area contributed by atoms with E-state index in [-0.39, 0.29) is 17.5 Å². The summed E-state index contributed by atoms with van der Waals surface area (Å²) in [6.07, 6.45) is 4.20. The van der Waals surface area contributed by atoms with Gasteiger partial charge in [-0.05, 0) is 38.3 Å². The summed E-state index contributed by atoms with van der Waals surface area (Å²) in [4.78, 5) is 11.1. The third kappa shape index (κ3) is 3.79. The monoisotopic (exact) mass is 374 g/mol. The van der Waals surface area contributed by atoms with Crippen molar-refractivity contribution in [2.24, 2.45) is 4.99 Å². The molecule has 0 spiro atoms. The predicted molar refractivity (Wildman–Crippen MR) is 98.5 cm³/mol. The van der Waals surface area contributed by atoms with Crippen LogP contribution in [0.15, 0.2) is 29.5 Å². The Balaban J connectivity index is 1.38. The normalized spacial score (nSPS) is 23.5. The minimum absolute atomic E-state index is 0.0219. The highest BCUT2D eigenvalue weighted by atomic mass is 19.1. The van der Waals surface area contributed by atoms with Crippen LogP contribution in [-0.2, 0) is 0 Å². The molecule has 144 valence electrons. The Labute approximate surface area is 157 Å². The van der Waals surface area contributed by atoms with Crippen LogP contribution in [0.1, 0.15) is 49.4 Å². The van der Waals surface area contributed by atoms with Gasteiger partial charge in [0, 0.05) is 43.1 Å². The Kier molecular flexibility index (Phi) is 5.05. The molecular formula is C19H24F2N6. The van der Waals surface area contributed by atoms with Gasteiger partial charge in [-0.1, -0.05) is 6.07 Å². The van der Waals surface area contributed by atoms with Crippen molar-refractivity contribution < 1.29 is 8.78 Å². The van der Waals surface area contributed by atoms with Gasteiger partial charge in [0.1, 0.15) is 23.8 Å². The maximum Gasteiger partial charge on any atom is 0.194 e. The first-order valence-corrected chi connectivity index (χ1v) is 9.52. The molecule has 0 bridgehead atoms. The molecule has 2 N–H and O–H groups in total. The van der Waals surface area contributed by atoms with Crippen LogP contribution in [0.3, 0.4) is 0 Å². The molecular weight excluding hydrogens is 350 g/mol. The van der Waals surface area contributed by atoms with E-state index in [2.05, 4.69) is 30.4 Å². The van der Waals surface area contributed by atoms with Crippen LogP contribution >= 0.6 is 0 Å². The lowest BCUT2D eigenvalue weighted by Gasteiger charge is -2.33. The molecule has 2 aromatic rings. The standard InChI is InChI=1S/C19H24F2N6/c1-2-22-19(27-8-6-12(7-9-27)18-23-11-24-26-18)25-16-10-13(16)17-14(20)4-3-5-15(17)21/h3-5,11-13,16H,2,6-10H2,1H3,(H,22,25)(H,23,24,26). The number of nitrogens with one attached hydrogen (secondary N) is 2. The van der Waals surface area contributed by atoms with E-state index in [0.29, 0.717) is 12.5 Å². The maximum absolute atomic E-state index is 14.0. The largest absolute Gasteiger partial charge is 0.353 e. The number of halogens is 2. The molecule has 2 unspecified atom stereocenters. The van der Waals surface area contributed by atoms with Crippen molar-refractivity contribution in [1.82, 2.24) is 25.4 Å². The number of aliphatic imine (C=N–C) groups is 1. The second kappa shape index (κ2) is 7.62. The fraction of sp³-hybridized carbons (Fsp3) is 0.526. The summed E-state index contributed by atoms with van der Waals surface area (Å²) in [5.74, 6) is 1.08. The van der Waals surface area contributed by atoms with E-state index in [1.165, 1.54) is 18.2 Å². The Morgan fingerprint density at radius 1 is 1.30 bits per heavy atom. The second-order valence-corrected chi connectivity index (χ2v) is 7.16. The number of rotatable bonds is 4. The van der Waals surface area contributed by atoms with Crippen molar-refractivity contribution in [3.63, 3.8) is 0 Å². The van der Waals surface area contributed by atoms with Gasteiger partial charge in [0.2, 0.25) is 0 Å². The van der Waals surface area contributed by atoms with Crippen molar-refractivity contribution in [1.29, 1.82) is 0 Å². The molecule has 2 heterocycles. The zero-order valence-electron chi connectivity index (χ0n) is 15.3. The Hall–Kier alpha value is -2.51. The highest BCUT2D eigenvalue weighted by Gasteiger charge is 2.43. The average Bonchev–Trinajstić information content (AvgIpc) is 3.18. The number of H-pyrrole nitrogens is 1. The summed E-state index contributed by atoms with van der Waals surface area (Å²) in [6.45, 7) is 4.38. The lowest BCUT2D eigenvalue weighted by Crippen LogP contribution is -2.46. The molecule has 2 aliphatic rings. The van der Waals surface area contributed by atoms with Crippen LogP contribution in [0.4, 0.5) is 8.78 Å². The summed E-state index contributed by atoms with van der Waals surface area (Å²) in [6, 6.07) is 4.07. The molecule has 1 saturated heterocycles. The number of hydrogen-bond acceptors (Lipinski definition) is 3. The van der Waals surface area contributed by atoms with Crippen LogP contribution in [0.2, 0.25) is 0 Å². The second-order valence-electron chi connectivity index (χ2n) is 7.16. The smallest absolute Gasteiger partial charge is 0.194 e. The summed E-state index contributed by atoms with van der Waals surface area (Å²) in [5, 5.41) is 10.3. The summed E-state index contributed by atoms with van der Waals surface area (Å²) in [7, 11) is 0. The number of aromatic nitrogens is 3. The Morgan fingerprint density at radius 3 is 2.67 bits per heavy atom. The van der Waals surface area contributed by atoms with E-state index < -0.39 is 11.6 Å². The molecule has 2 atom stereocenters. The van der Waals surface area contributed by atoms with Crippen molar-refractivity contribution in [2.45, 2.75) is 44.1 Å². The highest BCUT2D eigenvalue weighted by Crippen LogP contribution is 2.43. The molecule has 1 aromatic heterocycles. The Bertz CT molecular complexity index is 778. The van der Waals surface area contributed by atoms with Crippen LogP contribution < -0.4 is 5.32 Å². The first-order valence-electron chi connectivity index (χ1n) is 9.52. The highest BCUT2D eigenvalue weighted by molar-refractivity contribution is 5.81. The van der Waals surface area contributed by atoms with Crippen molar-refractivity contribution >= 4 is 5.96 Å². The molecule has 0 radical (unpaired) electrons. The van der Waals surface area contributed by atoms with E-state index in [0.717, 1.165) is 44.1 Å². The van der Waals surface area contributed by atoms with Gasteiger partial charge >= 0.3 is 0 Å². The van der Waals surface area contributed by atoms with E-state index in [9.17, 15) is 8.78 Å². The predicted octanol–water partition coefficient (Wildman–Crippen LogP) is 2.78. The van der Waals surface area contributed by atoms with Gasteiger partial charge in [-0.3, -0.25) is 10.1 Å². The first-order chi connectivity index (χ1) is 13.2. The number of aromatic amines is 1. The number of benzene rings is 1. The van der Waals surface area contributed by atoms with Gasteiger partial charge in [-0.15, -0.1) is 0 Å². The number of hydrogen-bond donors (Lipinski definition) is 2. The minimum Gasteiger partial charge on any atom is -0.353 e. The summed E-state index contributed by atoms with van der Waals surface area (Å²) >= 11 is 0. The van der Waals surface area contributed by atoms with Gasteiger partial charge in [0.15, 0.2) is 5.96 Å². The van der Waals surface area contributed by atoms with Gasteiger partial charge in [0.25, 0.3) is 0 Å². The average molecular weight is 374 g/mol. The molecule has 1 saturated carbocycles. The quantitative estimate of drug-likeness (QED) is 0.638. The van der Waals surface area contributed by atoms with Crippen LogP contribution in [-0.4, -0.2) is 51.7 Å². The molecule has 4 rings (SSSR count). The van der Waals surface area contributed by atoms with E-state index in [4.69, 9.17) is 0 Å². The molecule has 6 nitrogen and oxygen atoms in total. The maximum atomic E-state index is 14.0. The first kappa shape index (κ1) is 17.9. The number of guanidine groups is 1. The molecule has 0 amide bonds. The molecule has 27 heavy (non-hydrogen) atoms. The van der Waals surface area contributed by atoms with Crippen molar-refractivity contribution in [3.8, 4) is 0 Å². The van der Waals surface area contributed by atoms with Crippen molar-refractivity contribution in [3.05, 3.63) is 47.5 Å². The van der Waals surface area contributed by atoms with Gasteiger partial charge in [-0.25, -0.2) is 13.8 Å². The fourth-order valence-electron chi connectivity index (χ4n) is 3.87. The van der Waals surface area contributed by atoms with Gasteiger partial charge in [-0.2, -0.15) is 5.10 Å². The van der Waals surface area contributed by atoms with E-state index in [1.54, 1.807) is 6.33 Å². The molecule has 1 aliphatic carbocycles. The zero-order valence-corrected chi connectivity index (χ0v) is 15.3. The summed E-state index contributed by atoms with van der Waals surface area (Å²) < 4.78 is 28.0. The van der Waals surface area contributed by atoms with E-state index >= 15 is 0 Å². The number of likely N-dealkylation sites (tertiary alicyclic amines) is 1. The van der Waals surface area contributed by atoms with Gasteiger partial charge < -0.3 is 10.2 Å². The SMILES string of the molecule is CCN=C(NC1CC1c1c(F)cccc1F)N1CCC(c2ncn[nH]2)CC1. The molecule has 1 aliphatic heterocycles. The summed E-state index contributed by atoms with van der Waals surface area (Å²) in [5.41, 5.74) is 0.190. The lowest BCUT2D eigenvalue weighted by atomic mass is 9.96. The van der Waals surface area contributed by atoms with Gasteiger partial charge in [0.05, 0.1) is 0 Å². The third-order valence-electron chi connectivity index (χ3n) is 5.40. The molecule has 8 heteroatoms. The number of nitrogens with zero attached hydrogens (tertiary/aromatic N) is 4. The molecule has 2 fully saturated rings. The van der Waals surface area contributed by atoms with Crippen LogP contribution in [0.25, 0.3) is 0 Å². The third-order valence-corrected chi connectivity index (χ3v) is 5.40. The minimum atomic E-state index is -0.467. The molecule has 1 aromatic carbocycles. The van der Waals surface area contributed by atoms with Crippen LogP contribution in [0.5, 0.6) is 0 Å². The number of piperidine rings is 1. The Morgan fingerprint density at radius 2 is 2.04 bits per heavy atom. The topological polar surface area (TPSA) is 69.2 Å².